The van der Waals surface area contributed by atoms with E-state index in [-0.39, 0.29) is 0 Å². The van der Waals surface area contributed by atoms with Crippen LogP contribution in [0, 0.1) is 0 Å². The number of hydrogen-bond acceptors (Lipinski definition) is 4. The molecule has 5 nitrogen and oxygen atoms in total. The van der Waals surface area contributed by atoms with Gasteiger partial charge in [0.1, 0.15) is 11.6 Å². The molecule has 1 aliphatic heterocycles. The minimum Gasteiger partial charge on any atom is -0.339 e. The molecule has 0 bridgehead atoms. The fourth-order valence-corrected chi connectivity index (χ4v) is 3.18. The van der Waals surface area contributed by atoms with Gasteiger partial charge in [0, 0.05) is 35.4 Å². The number of nitrogens with zero attached hydrogens (tertiary/aromatic N) is 4. The van der Waals surface area contributed by atoms with Gasteiger partial charge in [0.2, 0.25) is 0 Å². The highest BCUT2D eigenvalue weighted by molar-refractivity contribution is 6.33. The molecule has 2 aromatic heterocycles. The summed E-state index contributed by atoms with van der Waals surface area (Å²) in [5.41, 5.74) is 1.75. The number of anilines is 2. The fraction of sp³-hybridized carbons (Fsp3) is 0.235. The van der Waals surface area contributed by atoms with Crippen LogP contribution in [0.1, 0.15) is 18.7 Å². The number of aromatic nitrogens is 4. The molecule has 1 aromatic carbocycles. The molecule has 1 aliphatic rings. The van der Waals surface area contributed by atoms with Crippen LogP contribution in [0.2, 0.25) is 10.0 Å². The highest BCUT2D eigenvalue weighted by atomic mass is 35.5. The highest BCUT2D eigenvalue weighted by Crippen LogP contribution is 2.29. The molecule has 4 rings (SSSR count). The van der Waals surface area contributed by atoms with E-state index in [1.54, 1.807) is 6.20 Å². The Hall–Kier alpha value is -2.11. The fourth-order valence-electron chi connectivity index (χ4n) is 2.84. The van der Waals surface area contributed by atoms with Gasteiger partial charge < -0.3 is 9.88 Å². The van der Waals surface area contributed by atoms with Crippen molar-refractivity contribution in [3.8, 4) is 11.4 Å². The predicted octanol–water partition coefficient (Wildman–Crippen LogP) is 4.73. The first-order valence-corrected chi connectivity index (χ1v) is 8.57. The van der Waals surface area contributed by atoms with Crippen LogP contribution >= 0.6 is 23.2 Å². The normalized spacial score (nSPS) is 13.6. The quantitative estimate of drug-likeness (QED) is 0.734. The SMILES string of the molecule is Clc1ccc(Nc2ncc(-c3nnc4n3CCCC4)cc2Cl)cc1. The summed E-state index contributed by atoms with van der Waals surface area (Å²) < 4.78 is 2.16. The predicted molar refractivity (Wildman–Crippen MR) is 95.9 cm³/mol. The van der Waals surface area contributed by atoms with Gasteiger partial charge in [0.25, 0.3) is 0 Å². The van der Waals surface area contributed by atoms with Gasteiger partial charge in [0.05, 0.1) is 5.02 Å². The second kappa shape index (κ2) is 6.42. The first-order chi connectivity index (χ1) is 11.7. The first kappa shape index (κ1) is 15.4. The lowest BCUT2D eigenvalue weighted by Crippen LogP contribution is -2.11. The Morgan fingerprint density at radius 1 is 1.04 bits per heavy atom. The van der Waals surface area contributed by atoms with E-state index in [1.165, 1.54) is 6.42 Å². The summed E-state index contributed by atoms with van der Waals surface area (Å²) in [6, 6.07) is 9.26. The zero-order valence-electron chi connectivity index (χ0n) is 12.8. The molecule has 0 saturated heterocycles. The van der Waals surface area contributed by atoms with Crippen LogP contribution in [0.4, 0.5) is 11.5 Å². The third-order valence-electron chi connectivity index (χ3n) is 4.07. The van der Waals surface area contributed by atoms with E-state index in [9.17, 15) is 0 Å². The smallest absolute Gasteiger partial charge is 0.165 e. The Balaban J connectivity index is 1.62. The maximum absolute atomic E-state index is 6.40. The van der Waals surface area contributed by atoms with Gasteiger partial charge in [-0.05, 0) is 43.2 Å². The van der Waals surface area contributed by atoms with Gasteiger partial charge in [-0.2, -0.15) is 0 Å². The third kappa shape index (κ3) is 2.97. The second-order valence-electron chi connectivity index (χ2n) is 5.73. The van der Waals surface area contributed by atoms with Crippen molar-refractivity contribution in [1.82, 2.24) is 19.7 Å². The average Bonchev–Trinajstić information content (AvgIpc) is 3.03. The molecule has 3 aromatic rings. The second-order valence-corrected chi connectivity index (χ2v) is 6.58. The molecule has 0 atom stereocenters. The Bertz CT molecular complexity index is 873. The number of halogens is 2. The highest BCUT2D eigenvalue weighted by Gasteiger charge is 2.18. The van der Waals surface area contributed by atoms with Crippen molar-refractivity contribution in [2.75, 3.05) is 5.32 Å². The van der Waals surface area contributed by atoms with E-state index in [0.29, 0.717) is 15.9 Å². The van der Waals surface area contributed by atoms with Crippen molar-refractivity contribution in [2.24, 2.45) is 0 Å². The summed E-state index contributed by atoms with van der Waals surface area (Å²) in [6.07, 6.45) is 5.07. The molecular weight excluding hydrogens is 345 g/mol. The average molecular weight is 360 g/mol. The van der Waals surface area contributed by atoms with Gasteiger partial charge >= 0.3 is 0 Å². The lowest BCUT2D eigenvalue weighted by atomic mass is 10.1. The van der Waals surface area contributed by atoms with E-state index >= 15 is 0 Å². The van der Waals surface area contributed by atoms with Gasteiger partial charge in [-0.3, -0.25) is 0 Å². The minimum atomic E-state index is 0.538. The topological polar surface area (TPSA) is 55.6 Å². The van der Waals surface area contributed by atoms with Crippen LogP contribution < -0.4 is 5.32 Å². The summed E-state index contributed by atoms with van der Waals surface area (Å²) in [4.78, 5) is 4.44. The van der Waals surface area contributed by atoms with E-state index in [1.807, 2.05) is 30.3 Å². The van der Waals surface area contributed by atoms with Crippen LogP contribution in [-0.2, 0) is 13.0 Å². The van der Waals surface area contributed by atoms with Crippen molar-refractivity contribution in [2.45, 2.75) is 25.8 Å². The maximum Gasteiger partial charge on any atom is 0.165 e. The molecule has 24 heavy (non-hydrogen) atoms. The zero-order valence-corrected chi connectivity index (χ0v) is 14.3. The maximum atomic E-state index is 6.40. The van der Waals surface area contributed by atoms with Gasteiger partial charge in [-0.25, -0.2) is 4.98 Å². The third-order valence-corrected chi connectivity index (χ3v) is 4.61. The molecule has 0 amide bonds. The summed E-state index contributed by atoms with van der Waals surface area (Å²) in [5.74, 6) is 2.47. The molecule has 7 heteroatoms. The molecule has 3 heterocycles. The van der Waals surface area contributed by atoms with Crippen molar-refractivity contribution < 1.29 is 0 Å². The van der Waals surface area contributed by atoms with Gasteiger partial charge in [-0.1, -0.05) is 23.2 Å². The Morgan fingerprint density at radius 3 is 2.67 bits per heavy atom. The number of rotatable bonds is 3. The summed E-state index contributed by atoms with van der Waals surface area (Å²) in [5, 5.41) is 13.0. The lowest BCUT2D eigenvalue weighted by molar-refractivity contribution is 0.526. The largest absolute Gasteiger partial charge is 0.339 e. The molecule has 0 fully saturated rings. The number of nitrogens with one attached hydrogen (secondary N) is 1. The number of fused-ring (bicyclic) bond motifs is 1. The van der Waals surface area contributed by atoms with Crippen molar-refractivity contribution in [3.63, 3.8) is 0 Å². The molecule has 122 valence electrons. The van der Waals surface area contributed by atoms with Crippen LogP contribution in [0.25, 0.3) is 11.4 Å². The molecule has 0 unspecified atom stereocenters. The Kier molecular flexibility index (Phi) is 4.12. The van der Waals surface area contributed by atoms with Gasteiger partial charge in [0.15, 0.2) is 5.82 Å². The monoisotopic (exact) mass is 359 g/mol. The van der Waals surface area contributed by atoms with Crippen LogP contribution in [0.15, 0.2) is 36.5 Å². The number of pyridine rings is 1. The molecule has 1 N–H and O–H groups in total. The molecule has 0 spiro atoms. The zero-order chi connectivity index (χ0) is 16.5. The Morgan fingerprint density at radius 2 is 1.88 bits per heavy atom. The van der Waals surface area contributed by atoms with E-state index < -0.39 is 0 Å². The molecule has 0 radical (unpaired) electrons. The van der Waals surface area contributed by atoms with E-state index in [4.69, 9.17) is 23.2 Å². The van der Waals surface area contributed by atoms with Crippen LogP contribution in [0.3, 0.4) is 0 Å². The van der Waals surface area contributed by atoms with E-state index in [0.717, 1.165) is 42.3 Å². The number of benzene rings is 1. The number of aryl methyl sites for hydroxylation is 1. The van der Waals surface area contributed by atoms with Crippen molar-refractivity contribution >= 4 is 34.7 Å². The minimum absolute atomic E-state index is 0.538. The molecular formula is C17H15Cl2N5. The summed E-state index contributed by atoms with van der Waals surface area (Å²) in [7, 11) is 0. The van der Waals surface area contributed by atoms with Crippen LogP contribution in [-0.4, -0.2) is 19.7 Å². The molecule has 0 aliphatic carbocycles. The number of hydrogen-bond donors (Lipinski definition) is 1. The van der Waals surface area contributed by atoms with Gasteiger partial charge in [-0.15, -0.1) is 10.2 Å². The lowest BCUT2D eigenvalue weighted by Gasteiger charge is -2.15. The summed E-state index contributed by atoms with van der Waals surface area (Å²) >= 11 is 12.3. The molecule has 0 saturated carbocycles. The first-order valence-electron chi connectivity index (χ1n) is 7.81. The summed E-state index contributed by atoms with van der Waals surface area (Å²) in [6.45, 7) is 0.945. The van der Waals surface area contributed by atoms with Crippen molar-refractivity contribution in [3.05, 3.63) is 52.4 Å². The van der Waals surface area contributed by atoms with E-state index in [2.05, 4.69) is 25.1 Å². The van der Waals surface area contributed by atoms with Crippen LogP contribution in [0.5, 0.6) is 0 Å². The Labute approximate surface area is 149 Å². The van der Waals surface area contributed by atoms with Crippen molar-refractivity contribution in [1.29, 1.82) is 0 Å². The standard InChI is InChI=1S/C17H15Cl2N5/c18-12-4-6-13(7-5-12)21-16-14(19)9-11(10-20-16)17-23-22-15-3-1-2-8-24(15)17/h4-7,9-10H,1-3,8H2,(H,20,21).